The molecule has 1 atom stereocenters. The number of carbonyl (C=O) groups is 1. The van der Waals surface area contributed by atoms with Crippen molar-refractivity contribution in [2.75, 3.05) is 0 Å². The predicted molar refractivity (Wildman–Crippen MR) is 80.5 cm³/mol. The molecule has 102 valence electrons. The monoisotopic (exact) mass is 286 g/mol. The highest BCUT2D eigenvalue weighted by atomic mass is 35.5. The summed E-state index contributed by atoms with van der Waals surface area (Å²) in [6.07, 6.45) is 3.62. The Morgan fingerprint density at radius 1 is 1.30 bits per heavy atom. The lowest BCUT2D eigenvalue weighted by Gasteiger charge is -2.17. The third kappa shape index (κ3) is 3.93. The Balaban J connectivity index is 2.20. The van der Waals surface area contributed by atoms with Crippen molar-refractivity contribution in [3.63, 3.8) is 0 Å². The third-order valence-corrected chi connectivity index (χ3v) is 3.15. The van der Waals surface area contributed by atoms with Gasteiger partial charge in [-0.2, -0.15) is 0 Å². The number of nitrogens with zero attached hydrogens (tertiary/aromatic N) is 1. The molecule has 0 aliphatic heterocycles. The van der Waals surface area contributed by atoms with E-state index in [-0.39, 0.29) is 11.9 Å². The molecule has 1 amide bonds. The number of halogens is 1. The van der Waals surface area contributed by atoms with Gasteiger partial charge in [0.05, 0.1) is 11.7 Å². The Hall–Kier alpha value is -2.13. The Morgan fingerprint density at radius 2 is 2.05 bits per heavy atom. The molecule has 1 aromatic carbocycles. The first-order valence-corrected chi connectivity index (χ1v) is 6.65. The molecule has 0 aliphatic rings. The number of amides is 1. The van der Waals surface area contributed by atoms with E-state index < -0.39 is 0 Å². The van der Waals surface area contributed by atoms with E-state index in [1.807, 2.05) is 42.5 Å². The van der Waals surface area contributed by atoms with Crippen molar-refractivity contribution in [1.82, 2.24) is 10.3 Å². The fourth-order valence-electron chi connectivity index (χ4n) is 1.90. The number of aromatic nitrogens is 1. The molecule has 1 heterocycles. The van der Waals surface area contributed by atoms with Crippen LogP contribution < -0.4 is 5.32 Å². The number of benzene rings is 1. The summed E-state index contributed by atoms with van der Waals surface area (Å²) in [4.78, 5) is 15.9. The first-order valence-electron chi connectivity index (χ1n) is 6.27. The van der Waals surface area contributed by atoms with Crippen LogP contribution in [-0.2, 0) is 11.2 Å². The molecule has 0 saturated heterocycles. The first kappa shape index (κ1) is 14.3. The van der Waals surface area contributed by atoms with Crippen molar-refractivity contribution in [3.8, 4) is 0 Å². The van der Waals surface area contributed by atoms with Gasteiger partial charge in [0.2, 0.25) is 5.91 Å². The normalized spacial score (nSPS) is 11.7. The van der Waals surface area contributed by atoms with Gasteiger partial charge in [0.25, 0.3) is 0 Å². The van der Waals surface area contributed by atoms with Crippen LogP contribution in [0.3, 0.4) is 0 Å². The van der Waals surface area contributed by atoms with E-state index in [2.05, 4.69) is 16.9 Å². The highest BCUT2D eigenvalue weighted by Gasteiger charge is 2.15. The minimum Gasteiger partial charge on any atom is -0.344 e. The lowest BCUT2D eigenvalue weighted by atomic mass is 10.0. The molecule has 2 rings (SSSR count). The molecule has 0 fully saturated rings. The highest BCUT2D eigenvalue weighted by molar-refractivity contribution is 6.30. The molecule has 0 radical (unpaired) electrons. The van der Waals surface area contributed by atoms with Crippen LogP contribution in [0.2, 0.25) is 5.02 Å². The van der Waals surface area contributed by atoms with Gasteiger partial charge in [0.1, 0.15) is 0 Å². The maximum Gasteiger partial charge on any atom is 0.243 e. The minimum absolute atomic E-state index is 0.192. The Morgan fingerprint density at radius 3 is 2.65 bits per heavy atom. The zero-order valence-electron chi connectivity index (χ0n) is 10.9. The number of nitrogens with one attached hydrogen (secondary N) is 1. The topological polar surface area (TPSA) is 42.0 Å². The third-order valence-electron chi connectivity index (χ3n) is 2.90. The molecule has 1 N–H and O–H groups in total. The van der Waals surface area contributed by atoms with Crippen LogP contribution in [0.15, 0.2) is 61.3 Å². The number of hydrogen-bond acceptors (Lipinski definition) is 2. The van der Waals surface area contributed by atoms with E-state index in [1.54, 1.807) is 6.20 Å². The number of rotatable bonds is 5. The van der Waals surface area contributed by atoms with Gasteiger partial charge in [-0.1, -0.05) is 36.4 Å². The number of hydrogen-bond donors (Lipinski definition) is 1. The summed E-state index contributed by atoms with van der Waals surface area (Å²) in [7, 11) is 0. The summed E-state index contributed by atoms with van der Waals surface area (Å²) in [5.74, 6) is -0.213. The van der Waals surface area contributed by atoms with E-state index in [0.29, 0.717) is 11.4 Å². The van der Waals surface area contributed by atoms with Gasteiger partial charge in [-0.3, -0.25) is 9.78 Å². The highest BCUT2D eigenvalue weighted by Crippen LogP contribution is 2.18. The van der Waals surface area contributed by atoms with E-state index in [4.69, 9.17) is 11.6 Å². The van der Waals surface area contributed by atoms with E-state index in [1.165, 1.54) is 6.08 Å². The molecule has 2 aromatic rings. The van der Waals surface area contributed by atoms with Crippen LogP contribution in [0.1, 0.15) is 17.3 Å². The van der Waals surface area contributed by atoms with Gasteiger partial charge in [0.15, 0.2) is 0 Å². The Bertz CT molecular complexity index is 581. The molecule has 3 nitrogen and oxygen atoms in total. The summed E-state index contributed by atoms with van der Waals surface area (Å²) < 4.78 is 0. The fourth-order valence-corrected chi connectivity index (χ4v) is 2.02. The summed E-state index contributed by atoms with van der Waals surface area (Å²) in [6.45, 7) is 3.48. The van der Waals surface area contributed by atoms with E-state index >= 15 is 0 Å². The fraction of sp³-hybridized carbons (Fsp3) is 0.125. The molecule has 1 aromatic heterocycles. The largest absolute Gasteiger partial charge is 0.344 e. The van der Waals surface area contributed by atoms with Gasteiger partial charge >= 0.3 is 0 Å². The maximum atomic E-state index is 11.6. The van der Waals surface area contributed by atoms with Crippen LogP contribution in [0.4, 0.5) is 0 Å². The lowest BCUT2D eigenvalue weighted by Crippen LogP contribution is -2.28. The van der Waals surface area contributed by atoms with Crippen LogP contribution in [-0.4, -0.2) is 10.9 Å². The molecule has 0 bridgehead atoms. The number of pyridine rings is 1. The van der Waals surface area contributed by atoms with Crippen molar-refractivity contribution >= 4 is 17.5 Å². The average molecular weight is 287 g/mol. The molecular formula is C16H15ClN2O. The summed E-state index contributed by atoms with van der Waals surface area (Å²) in [5, 5.41) is 3.59. The van der Waals surface area contributed by atoms with Gasteiger partial charge in [0, 0.05) is 11.2 Å². The standard InChI is InChI=1S/C16H15ClN2O/c1-2-16(20)19-15(14-5-3-4-10-18-14)11-12-6-8-13(17)9-7-12/h2-10,15H,1,11H2,(H,19,20). The van der Waals surface area contributed by atoms with Crippen LogP contribution in [0, 0.1) is 0 Å². The second-order valence-corrected chi connectivity index (χ2v) is 4.79. The maximum absolute atomic E-state index is 11.6. The van der Waals surface area contributed by atoms with E-state index in [0.717, 1.165) is 11.3 Å². The second-order valence-electron chi connectivity index (χ2n) is 4.35. The quantitative estimate of drug-likeness (QED) is 0.857. The zero-order valence-corrected chi connectivity index (χ0v) is 11.7. The average Bonchev–Trinajstić information content (AvgIpc) is 2.49. The molecular weight excluding hydrogens is 272 g/mol. The predicted octanol–water partition coefficient (Wildman–Crippen LogP) is 3.32. The van der Waals surface area contributed by atoms with Crippen molar-refractivity contribution in [1.29, 1.82) is 0 Å². The Labute approximate surface area is 123 Å². The molecule has 0 saturated carbocycles. The van der Waals surface area contributed by atoms with Crippen molar-refractivity contribution in [2.24, 2.45) is 0 Å². The summed E-state index contributed by atoms with van der Waals surface area (Å²) in [6, 6.07) is 13.0. The lowest BCUT2D eigenvalue weighted by molar-refractivity contribution is -0.117. The SMILES string of the molecule is C=CC(=O)NC(Cc1ccc(Cl)cc1)c1ccccn1. The van der Waals surface area contributed by atoms with Gasteiger partial charge in [-0.05, 0) is 42.3 Å². The molecule has 0 spiro atoms. The molecule has 4 heteroatoms. The molecule has 1 unspecified atom stereocenters. The summed E-state index contributed by atoms with van der Waals surface area (Å²) in [5.41, 5.74) is 1.90. The second kappa shape index (κ2) is 6.87. The van der Waals surface area contributed by atoms with Gasteiger partial charge in [-0.15, -0.1) is 0 Å². The van der Waals surface area contributed by atoms with E-state index in [9.17, 15) is 4.79 Å². The first-order chi connectivity index (χ1) is 9.69. The van der Waals surface area contributed by atoms with Crippen molar-refractivity contribution in [3.05, 3.63) is 77.6 Å². The van der Waals surface area contributed by atoms with Gasteiger partial charge < -0.3 is 5.32 Å². The Kier molecular flexibility index (Phi) is 4.91. The zero-order chi connectivity index (χ0) is 14.4. The molecule has 20 heavy (non-hydrogen) atoms. The van der Waals surface area contributed by atoms with Gasteiger partial charge in [-0.25, -0.2) is 0 Å². The molecule has 0 aliphatic carbocycles. The van der Waals surface area contributed by atoms with Crippen molar-refractivity contribution in [2.45, 2.75) is 12.5 Å². The van der Waals surface area contributed by atoms with Crippen molar-refractivity contribution < 1.29 is 4.79 Å². The summed E-state index contributed by atoms with van der Waals surface area (Å²) >= 11 is 5.88. The minimum atomic E-state index is -0.213. The van der Waals surface area contributed by atoms with Crippen LogP contribution >= 0.6 is 11.6 Å². The smallest absolute Gasteiger partial charge is 0.243 e. The number of carbonyl (C=O) groups excluding carboxylic acids is 1. The van der Waals surface area contributed by atoms with Crippen LogP contribution in [0.5, 0.6) is 0 Å². The van der Waals surface area contributed by atoms with Crippen LogP contribution in [0.25, 0.3) is 0 Å².